The predicted octanol–water partition coefficient (Wildman–Crippen LogP) is 22.4. The number of fused-ring (bicyclic) bond motifs is 16. The highest BCUT2D eigenvalue weighted by Crippen LogP contribution is 2.52. The van der Waals surface area contributed by atoms with Crippen LogP contribution in [0, 0.1) is 0 Å². The molecule has 5 aliphatic rings. The number of nitrogens with one attached hydrogen (secondary N) is 2. The first-order valence-electron chi connectivity index (χ1n) is 31.4. The number of amidine groups is 5. The lowest BCUT2D eigenvalue weighted by Crippen LogP contribution is -3.08. The lowest BCUT2D eigenvalue weighted by atomic mass is 10.1. The van der Waals surface area contributed by atoms with Crippen molar-refractivity contribution < 1.29 is 5.01 Å². The molecule has 5 heterocycles. The van der Waals surface area contributed by atoms with Crippen LogP contribution in [0.25, 0.3) is 16.2 Å². The van der Waals surface area contributed by atoms with Crippen molar-refractivity contribution in [3.05, 3.63) is 323 Å². The van der Waals surface area contributed by atoms with E-state index in [2.05, 4.69) is 284 Å². The number of benzene rings is 11. The molecule has 1 unspecified atom stereocenters. The van der Waals surface area contributed by atoms with E-state index in [9.17, 15) is 0 Å². The normalized spacial score (nSPS) is 15.0. The van der Waals surface area contributed by atoms with Gasteiger partial charge in [-0.05, 0) is 151 Å². The molecule has 1 atom stereocenters. The fourth-order valence-electron chi connectivity index (χ4n) is 12.1. The number of H-pyrrole nitrogens is 1. The summed E-state index contributed by atoms with van der Waals surface area (Å²) < 4.78 is 0. The maximum absolute atomic E-state index is 6.13. The van der Waals surface area contributed by atoms with E-state index in [0.29, 0.717) is 41.5 Å². The molecule has 0 radical (unpaired) electrons. The topological polar surface area (TPSA) is 96.1 Å². The molecule has 1 aromatic heterocycles. The van der Waals surface area contributed by atoms with Crippen molar-refractivity contribution in [2.24, 2.45) is 25.0 Å². The average Bonchev–Trinajstić information content (AvgIpc) is 1.59. The lowest BCUT2D eigenvalue weighted by molar-refractivity contribution is -0.767. The van der Waals surface area contributed by atoms with Gasteiger partial charge in [0.25, 0.3) is 0 Å². The molecule has 2 N–H and O–H groups in total. The summed E-state index contributed by atoms with van der Waals surface area (Å²) in [5.74, 6) is 4.22. The van der Waals surface area contributed by atoms with E-state index in [-0.39, 0.29) is 0 Å². The van der Waals surface area contributed by atoms with Gasteiger partial charge in [0.2, 0.25) is 5.84 Å². The number of hydrogen-bond acceptors (Lipinski definition) is 13. The third-order valence-electron chi connectivity index (χ3n) is 16.4. The van der Waals surface area contributed by atoms with Crippen LogP contribution < -0.4 is 5.01 Å². The lowest BCUT2D eigenvalue weighted by Gasteiger charge is -2.24. The summed E-state index contributed by atoms with van der Waals surface area (Å²) in [7, 11) is 0. The molecular weight excluding hydrogens is 1330 g/mol. The predicted molar refractivity (Wildman–Crippen MR) is 404 cm³/mol. The molecule has 8 nitrogen and oxygen atoms in total. The van der Waals surface area contributed by atoms with Crippen LogP contribution in [0.15, 0.2) is 382 Å². The van der Waals surface area contributed by atoms with E-state index in [1.54, 1.807) is 82.3 Å². The summed E-state index contributed by atoms with van der Waals surface area (Å²) in [6.07, 6.45) is 8.63. The van der Waals surface area contributed by atoms with Gasteiger partial charge in [-0.2, -0.15) is 4.99 Å². The van der Waals surface area contributed by atoms with Crippen LogP contribution in [0.3, 0.4) is 0 Å². The Morgan fingerprint density at radius 2 is 0.667 bits per heavy atom. The van der Waals surface area contributed by atoms with Crippen molar-refractivity contribution in [1.29, 1.82) is 0 Å². The summed E-state index contributed by atoms with van der Waals surface area (Å²) in [4.78, 5) is 51.0. The van der Waals surface area contributed by atoms with Crippen LogP contribution in [0.1, 0.15) is 46.2 Å². The first kappa shape index (κ1) is 61.0. The molecule has 0 saturated heterocycles. The summed E-state index contributed by atoms with van der Waals surface area (Å²) in [6.45, 7) is 0.486. The van der Waals surface area contributed by atoms with E-state index in [1.165, 1.54) is 4.91 Å². The number of aliphatic imine (C=N–C) groups is 5. The maximum atomic E-state index is 6.13. The van der Waals surface area contributed by atoms with Crippen LogP contribution in [0.5, 0.6) is 0 Å². The van der Waals surface area contributed by atoms with Crippen LogP contribution in [0.2, 0.25) is 0 Å². The molecular formula is C80H54N8S8. The highest BCUT2D eigenvalue weighted by atomic mass is 32.2. The number of aromatic nitrogens is 1. The van der Waals surface area contributed by atoms with Crippen molar-refractivity contribution in [2.75, 3.05) is 0 Å². The van der Waals surface area contributed by atoms with E-state index in [0.717, 1.165) is 141 Å². The van der Waals surface area contributed by atoms with E-state index in [1.807, 2.05) is 11.8 Å². The second-order valence-electron chi connectivity index (χ2n) is 22.7. The van der Waals surface area contributed by atoms with Crippen molar-refractivity contribution >= 4 is 146 Å². The van der Waals surface area contributed by atoms with Gasteiger partial charge in [-0.25, -0.2) is 20.0 Å². The number of quaternary nitrogens is 1. The van der Waals surface area contributed by atoms with E-state index >= 15 is 0 Å². The van der Waals surface area contributed by atoms with Gasteiger partial charge in [0, 0.05) is 118 Å². The number of nitrogens with zero attached hydrogens (tertiary/aromatic N) is 6. The molecule has 96 heavy (non-hydrogen) atoms. The molecule has 0 fully saturated rings. The Morgan fingerprint density at radius 1 is 0.323 bits per heavy atom. The van der Waals surface area contributed by atoms with Crippen molar-refractivity contribution in [3.8, 4) is 0 Å². The summed E-state index contributed by atoms with van der Waals surface area (Å²) in [5, 5.41) is 2.63. The zero-order valence-corrected chi connectivity index (χ0v) is 57.7. The number of hydrogen-bond donors (Lipinski definition) is 2. The third-order valence-corrected chi connectivity index (χ3v) is 25.1. The maximum Gasteiger partial charge on any atom is 0.247 e. The van der Waals surface area contributed by atoms with Crippen LogP contribution >= 0.6 is 94.1 Å². The Bertz CT molecular complexity index is 5220. The largest absolute Gasteiger partial charge is 0.415 e. The Hall–Kier alpha value is -8.65. The fraction of sp³-hybridized carbons (Fsp3) is 0.0375. The minimum Gasteiger partial charge on any atom is -0.415 e. The van der Waals surface area contributed by atoms with Gasteiger partial charge in [0.1, 0.15) is 18.2 Å². The SMILES string of the molecule is C1=CCCC(Sc2ccc(Sc3ccccc3)c3c2C2=NC4=NC(=Nc5[nH]c(c6c(Sc7ccccc7)ccc(Sc7ccccc7)c56)N=C5N=C([N-][NH+]2C3)c2c(Sc3ccccc3)ccc(Sc3ccccc3)c25)c2c(Sc3ccccc3)ccc(Sc3ccccc3)c24)=C1. The molecule has 0 spiro atoms. The Morgan fingerprint density at radius 3 is 1.08 bits per heavy atom. The minimum absolute atomic E-state index is 0.486. The molecule has 0 saturated carbocycles. The van der Waals surface area contributed by atoms with Crippen LogP contribution in [-0.2, 0) is 6.54 Å². The standard InChI is InChI=1S/C80H54N8S8/c1-9-25-50(26-10-1)89-59-41-42-60(90-51-27-11-2-12-28-51)67-58(59)49-88-80(67)86-78-71-64(94-55-35-19-6-20-36-55)46-45-63(93-54-33-17-5-18-34-54)70(71)76(84-78)82-74-68-61(91-52-29-13-3-14-30-52)43-44-62(92-53-31-15-4-16-32-53)69(68)75(81-74)83-77-72-65(95-56-37-21-7-22-38-56)47-48-66(73(72)79(85-77)87-88)96-57-39-23-8-24-40-57/h1-11,13-27,29-48,81,88H,12,28,49H2. The first-order chi connectivity index (χ1) is 47.5. The van der Waals surface area contributed by atoms with Gasteiger partial charge in [0.15, 0.2) is 11.7 Å². The van der Waals surface area contributed by atoms with Crippen molar-refractivity contribution in [1.82, 2.24) is 4.98 Å². The van der Waals surface area contributed by atoms with Gasteiger partial charge < -0.3 is 9.98 Å². The van der Waals surface area contributed by atoms with Gasteiger partial charge in [-0.15, -0.1) is 0 Å². The number of rotatable bonds is 16. The second-order valence-corrected chi connectivity index (χ2v) is 31.7. The van der Waals surface area contributed by atoms with Crippen molar-refractivity contribution in [2.45, 2.75) is 92.8 Å². The first-order valence-corrected chi connectivity index (χ1v) is 37.9. The second kappa shape index (κ2) is 27.5. The molecule has 11 aromatic carbocycles. The monoisotopic (exact) mass is 1380 g/mol. The van der Waals surface area contributed by atoms with Crippen LogP contribution in [-0.4, -0.2) is 34.2 Å². The molecule has 4 aliphatic heterocycles. The Labute approximate surface area is 591 Å². The van der Waals surface area contributed by atoms with Gasteiger partial charge in [-0.3, -0.25) is 5.43 Å². The minimum atomic E-state index is 0.486. The Kier molecular flexibility index (Phi) is 17.4. The highest BCUT2D eigenvalue weighted by Gasteiger charge is 2.40. The molecule has 1 aliphatic carbocycles. The molecule has 17 rings (SSSR count). The van der Waals surface area contributed by atoms with Gasteiger partial charge in [0.05, 0.1) is 11.4 Å². The third kappa shape index (κ3) is 12.6. The smallest absolute Gasteiger partial charge is 0.247 e. The van der Waals surface area contributed by atoms with E-state index < -0.39 is 0 Å². The van der Waals surface area contributed by atoms with Crippen molar-refractivity contribution in [3.63, 3.8) is 0 Å². The summed E-state index contributed by atoms with van der Waals surface area (Å²) >= 11 is 13.9. The quantitative estimate of drug-likeness (QED) is 0.0988. The van der Waals surface area contributed by atoms with Crippen LogP contribution in [0.4, 0.5) is 11.6 Å². The number of aromatic amines is 1. The summed E-state index contributed by atoms with van der Waals surface area (Å²) in [6, 6.07) is 92.3. The molecule has 16 heteroatoms. The van der Waals surface area contributed by atoms with E-state index in [4.69, 9.17) is 30.4 Å². The molecule has 12 aromatic rings. The fourth-order valence-corrected chi connectivity index (χ4v) is 20.1. The number of allylic oxidation sites excluding steroid dienone is 4. The average molecular weight is 1380 g/mol. The Balaban J connectivity index is 0.986. The van der Waals surface area contributed by atoms with Gasteiger partial charge in [-0.1, -0.05) is 240 Å². The zero-order chi connectivity index (χ0) is 63.7. The number of thioether (sulfide) groups is 1. The van der Waals surface area contributed by atoms with Gasteiger partial charge >= 0.3 is 0 Å². The molecule has 6 bridgehead atoms. The molecule has 462 valence electrons. The zero-order valence-electron chi connectivity index (χ0n) is 51.1. The highest BCUT2D eigenvalue weighted by molar-refractivity contribution is 8.03. The molecule has 0 amide bonds. The summed E-state index contributed by atoms with van der Waals surface area (Å²) in [5.41, 5.74) is 11.9.